The van der Waals surface area contributed by atoms with Crippen LogP contribution in [0.2, 0.25) is 0 Å². The summed E-state index contributed by atoms with van der Waals surface area (Å²) in [5.41, 5.74) is 3.86. The molecule has 0 amide bonds. The van der Waals surface area contributed by atoms with Crippen LogP contribution in [0.5, 0.6) is 0 Å². The number of ketones is 2. The first-order chi connectivity index (χ1) is 13.9. The minimum Gasteiger partial charge on any atom is -0.294 e. The molecule has 1 aromatic rings. The van der Waals surface area contributed by atoms with Gasteiger partial charge in [-0.05, 0) is 82.8 Å². The van der Waals surface area contributed by atoms with Gasteiger partial charge in [0.05, 0.1) is 0 Å². The number of hydrogen-bond donors (Lipinski definition) is 0. The molecule has 158 valence electrons. The Hall–Kier alpha value is -1.96. The Kier molecular flexibility index (Phi) is 3.89. The SMILES string of the molecule is CC12CCC(C(=Cc3ccc(C=C4C(=O)C5(C)CCC4C5(C)C)cc3)C1=O)C2(C)C. The van der Waals surface area contributed by atoms with Crippen LogP contribution >= 0.6 is 0 Å². The molecule has 4 bridgehead atoms. The molecule has 0 aromatic heterocycles. The second-order valence-corrected chi connectivity index (χ2v) is 11.8. The van der Waals surface area contributed by atoms with Gasteiger partial charge in [0, 0.05) is 10.8 Å². The maximum atomic E-state index is 13.1. The smallest absolute Gasteiger partial charge is 0.165 e. The molecule has 0 saturated heterocycles. The van der Waals surface area contributed by atoms with Crippen molar-refractivity contribution in [1.82, 2.24) is 0 Å². The van der Waals surface area contributed by atoms with E-state index in [0.29, 0.717) is 23.4 Å². The van der Waals surface area contributed by atoms with Crippen molar-refractivity contribution in [2.45, 2.75) is 67.2 Å². The molecular formula is C28H34O2. The van der Waals surface area contributed by atoms with Crippen LogP contribution in [0.15, 0.2) is 35.4 Å². The molecule has 4 aliphatic carbocycles. The summed E-state index contributed by atoms with van der Waals surface area (Å²) < 4.78 is 0. The summed E-state index contributed by atoms with van der Waals surface area (Å²) in [6.07, 6.45) is 8.48. The molecule has 0 aliphatic heterocycles. The van der Waals surface area contributed by atoms with Gasteiger partial charge in [-0.25, -0.2) is 0 Å². The third-order valence-electron chi connectivity index (χ3n) is 10.3. The number of fused-ring (bicyclic) bond motifs is 4. The molecule has 2 nitrogen and oxygen atoms in total. The summed E-state index contributed by atoms with van der Waals surface area (Å²) in [5.74, 6) is 1.42. The van der Waals surface area contributed by atoms with Gasteiger partial charge in [-0.15, -0.1) is 0 Å². The minimum atomic E-state index is -0.209. The Morgan fingerprint density at radius 1 is 0.667 bits per heavy atom. The van der Waals surface area contributed by atoms with Gasteiger partial charge >= 0.3 is 0 Å². The van der Waals surface area contributed by atoms with Gasteiger partial charge < -0.3 is 0 Å². The molecule has 1 aromatic carbocycles. The normalized spacial score (nSPS) is 40.9. The molecule has 4 atom stereocenters. The van der Waals surface area contributed by atoms with Crippen molar-refractivity contribution in [1.29, 1.82) is 0 Å². The predicted molar refractivity (Wildman–Crippen MR) is 122 cm³/mol. The van der Waals surface area contributed by atoms with E-state index < -0.39 is 0 Å². The molecule has 4 aliphatic rings. The van der Waals surface area contributed by atoms with Gasteiger partial charge in [0.15, 0.2) is 11.6 Å². The van der Waals surface area contributed by atoms with E-state index in [9.17, 15) is 9.59 Å². The van der Waals surface area contributed by atoms with Gasteiger partial charge in [-0.1, -0.05) is 65.8 Å². The topological polar surface area (TPSA) is 34.1 Å². The monoisotopic (exact) mass is 402 g/mol. The second kappa shape index (κ2) is 5.84. The number of Topliss-reactive ketones (excluding diaryl/α,β-unsaturated/α-hetero) is 2. The number of carbonyl (C=O) groups is 2. The summed E-state index contributed by atoms with van der Waals surface area (Å²) >= 11 is 0. The maximum Gasteiger partial charge on any atom is 0.165 e. The summed E-state index contributed by atoms with van der Waals surface area (Å²) in [4.78, 5) is 26.2. The zero-order chi connectivity index (χ0) is 21.7. The van der Waals surface area contributed by atoms with Crippen LogP contribution in [0.25, 0.3) is 12.2 Å². The highest BCUT2D eigenvalue weighted by molar-refractivity contribution is 6.08. The third kappa shape index (κ3) is 2.21. The van der Waals surface area contributed by atoms with Crippen LogP contribution in [0, 0.1) is 33.5 Å². The number of hydrogen-bond acceptors (Lipinski definition) is 2. The van der Waals surface area contributed by atoms with Crippen molar-refractivity contribution in [2.75, 3.05) is 0 Å². The van der Waals surface area contributed by atoms with E-state index >= 15 is 0 Å². The van der Waals surface area contributed by atoms with Crippen molar-refractivity contribution in [2.24, 2.45) is 33.5 Å². The molecule has 30 heavy (non-hydrogen) atoms. The first kappa shape index (κ1) is 20.0. The lowest BCUT2D eigenvalue weighted by atomic mass is 9.70. The Balaban J connectivity index is 1.43. The van der Waals surface area contributed by atoms with Gasteiger partial charge in [0.2, 0.25) is 0 Å². The van der Waals surface area contributed by atoms with Crippen molar-refractivity contribution >= 4 is 23.7 Å². The van der Waals surface area contributed by atoms with Crippen molar-refractivity contribution in [3.8, 4) is 0 Å². The molecule has 0 spiro atoms. The third-order valence-corrected chi connectivity index (χ3v) is 10.3. The number of rotatable bonds is 2. The Morgan fingerprint density at radius 3 is 1.27 bits per heavy atom. The maximum absolute atomic E-state index is 13.1. The lowest BCUT2D eigenvalue weighted by Crippen LogP contribution is -2.32. The molecule has 4 saturated carbocycles. The average molecular weight is 403 g/mol. The first-order valence-corrected chi connectivity index (χ1v) is 11.6. The van der Waals surface area contributed by atoms with E-state index in [1.54, 1.807) is 0 Å². The highest BCUT2D eigenvalue weighted by Crippen LogP contribution is 2.66. The van der Waals surface area contributed by atoms with Crippen LogP contribution in [0.3, 0.4) is 0 Å². The highest BCUT2D eigenvalue weighted by Gasteiger charge is 2.64. The molecule has 0 radical (unpaired) electrons. The number of carbonyl (C=O) groups excluding carboxylic acids is 2. The fraction of sp³-hybridized carbons (Fsp3) is 0.571. The summed E-state index contributed by atoms with van der Waals surface area (Å²) in [6, 6.07) is 8.38. The van der Waals surface area contributed by atoms with Gasteiger partial charge in [-0.3, -0.25) is 9.59 Å². The van der Waals surface area contributed by atoms with Gasteiger partial charge in [0.25, 0.3) is 0 Å². The minimum absolute atomic E-state index is 0.0470. The molecule has 0 heterocycles. The fourth-order valence-electron chi connectivity index (χ4n) is 7.24. The van der Waals surface area contributed by atoms with Gasteiger partial charge in [-0.2, -0.15) is 0 Å². The molecule has 2 heteroatoms. The quantitative estimate of drug-likeness (QED) is 0.529. The summed E-state index contributed by atoms with van der Waals surface area (Å²) in [5, 5.41) is 0. The van der Waals surface area contributed by atoms with Gasteiger partial charge in [0.1, 0.15) is 0 Å². The summed E-state index contributed by atoms with van der Waals surface area (Å²) in [6.45, 7) is 13.3. The molecule has 0 N–H and O–H groups in total. The number of allylic oxidation sites excluding steroid dienone is 2. The van der Waals surface area contributed by atoms with Crippen LogP contribution in [-0.4, -0.2) is 11.6 Å². The summed E-state index contributed by atoms with van der Waals surface area (Å²) in [7, 11) is 0. The van der Waals surface area contributed by atoms with Crippen molar-refractivity contribution in [3.05, 3.63) is 46.5 Å². The Morgan fingerprint density at radius 2 is 1.00 bits per heavy atom. The Bertz CT molecular complexity index is 936. The molecule has 4 unspecified atom stereocenters. The highest BCUT2D eigenvalue weighted by atomic mass is 16.1. The zero-order valence-electron chi connectivity index (χ0n) is 19.3. The van der Waals surface area contributed by atoms with Crippen molar-refractivity contribution in [3.63, 3.8) is 0 Å². The Labute approximate surface area is 180 Å². The van der Waals surface area contributed by atoms with E-state index in [4.69, 9.17) is 0 Å². The molecule has 5 rings (SSSR count). The fourth-order valence-corrected chi connectivity index (χ4v) is 7.24. The van der Waals surface area contributed by atoms with Crippen LogP contribution < -0.4 is 0 Å². The van der Waals surface area contributed by atoms with Crippen LogP contribution in [-0.2, 0) is 9.59 Å². The van der Waals surface area contributed by atoms with E-state index in [2.05, 4.69) is 78.0 Å². The first-order valence-electron chi connectivity index (χ1n) is 11.6. The average Bonchev–Trinajstić information content (AvgIpc) is 3.17. The van der Waals surface area contributed by atoms with Crippen LogP contribution in [0.1, 0.15) is 78.4 Å². The van der Waals surface area contributed by atoms with E-state index in [-0.39, 0.29) is 21.7 Å². The standard InChI is InChI=1S/C28H34O2/c1-25(2)21-11-13-27(25,5)23(29)19(21)15-17-7-9-18(10-8-17)16-20-22-12-14-28(6,24(20)30)26(22,3)4/h7-10,15-16,21-22H,11-14H2,1-6H3. The van der Waals surface area contributed by atoms with E-state index in [1.807, 2.05) is 0 Å². The van der Waals surface area contributed by atoms with E-state index in [0.717, 1.165) is 48.0 Å². The van der Waals surface area contributed by atoms with Crippen molar-refractivity contribution < 1.29 is 9.59 Å². The molecule has 4 fully saturated rings. The second-order valence-electron chi connectivity index (χ2n) is 11.8. The molecular weight excluding hydrogens is 368 g/mol. The largest absolute Gasteiger partial charge is 0.294 e. The zero-order valence-corrected chi connectivity index (χ0v) is 19.3. The predicted octanol–water partition coefficient (Wildman–Crippen LogP) is 6.50. The van der Waals surface area contributed by atoms with E-state index in [1.165, 1.54) is 0 Å². The number of benzene rings is 1. The van der Waals surface area contributed by atoms with Crippen LogP contribution in [0.4, 0.5) is 0 Å². The lowest BCUT2D eigenvalue weighted by molar-refractivity contribution is -0.126. The lowest BCUT2D eigenvalue weighted by Gasteiger charge is -2.31.